The van der Waals surface area contributed by atoms with Gasteiger partial charge in [0.25, 0.3) is 0 Å². The topological polar surface area (TPSA) is 234 Å². The molecule has 18 heteroatoms. The molecule has 3 fully saturated rings. The SMILES string of the molecule is Nc1ncnc2c1ncn2[C@@H]1O[C@H](CSCC[C@H](N=CCCCCCC=NCCCCCNCCCCC[C@@H]2SC[C@@H]3NC(=O)N[C@@H]32)C(=O)O)[C@@H](O)[C@H]1O. The first kappa shape index (κ1) is 42.1. The van der Waals surface area contributed by atoms with E-state index in [2.05, 4.69) is 40.9 Å². The van der Waals surface area contributed by atoms with Crippen molar-refractivity contribution in [1.29, 1.82) is 0 Å². The third kappa shape index (κ3) is 12.5. The standard InChI is InChI=1S/C36H58N10O6S2/c37-32-29-33(42-22-41-32)46(23-43-29)34-31(48)30(47)26(52-34)21-53-19-13-24(35(49)50)40-18-11-3-1-2-7-14-38-16-9-5-10-17-39-15-8-4-6-12-27-28-25(20-54-27)44-36(51)45-28/h14,18,22-28,30-31,34,39,47-48H,1-13,15-17,19-21H2,(H,49,50)(H2,37,41,42)(H2,44,45,51)/t24-,25-,26+,27-,28-,30+,31+,34+/m0/s1. The number of nitrogen functional groups attached to an aromatic ring is 1. The predicted octanol–water partition coefficient (Wildman–Crippen LogP) is 3.18. The molecule has 5 rings (SSSR count). The number of carboxylic acid groups (broad SMARTS) is 1. The summed E-state index contributed by atoms with van der Waals surface area (Å²) in [7, 11) is 0. The Balaban J connectivity index is 0.808. The quantitative estimate of drug-likeness (QED) is 0.0413. The fraction of sp³-hybridized carbons (Fsp3) is 0.750. The number of carboxylic acids is 1. The highest BCUT2D eigenvalue weighted by Gasteiger charge is 2.44. The van der Waals surface area contributed by atoms with Crippen molar-refractivity contribution in [2.75, 3.05) is 42.6 Å². The van der Waals surface area contributed by atoms with Crippen LogP contribution in [-0.4, -0.2) is 138 Å². The van der Waals surface area contributed by atoms with Gasteiger partial charge in [0.05, 0.1) is 24.5 Å². The number of carbonyl (C=O) groups is 2. The fourth-order valence-corrected chi connectivity index (χ4v) is 9.62. The van der Waals surface area contributed by atoms with E-state index in [9.17, 15) is 24.9 Å². The Bertz CT molecular complexity index is 1520. The van der Waals surface area contributed by atoms with Crippen LogP contribution in [0.3, 0.4) is 0 Å². The minimum atomic E-state index is -1.19. The van der Waals surface area contributed by atoms with E-state index in [1.54, 1.807) is 6.21 Å². The van der Waals surface area contributed by atoms with Gasteiger partial charge in [-0.2, -0.15) is 23.5 Å². The first-order chi connectivity index (χ1) is 26.3. The molecule has 0 aromatic carbocycles. The van der Waals surface area contributed by atoms with Gasteiger partial charge < -0.3 is 41.7 Å². The summed E-state index contributed by atoms with van der Waals surface area (Å²) in [6.45, 7) is 3.01. The van der Waals surface area contributed by atoms with E-state index < -0.39 is 36.6 Å². The minimum Gasteiger partial charge on any atom is -0.480 e. The van der Waals surface area contributed by atoms with Crippen LogP contribution < -0.4 is 21.7 Å². The van der Waals surface area contributed by atoms with E-state index in [4.69, 9.17) is 10.5 Å². The average molecular weight is 791 g/mol. The van der Waals surface area contributed by atoms with E-state index >= 15 is 0 Å². The number of hydrogen-bond acceptors (Lipinski definition) is 14. The van der Waals surface area contributed by atoms with E-state index in [1.165, 1.54) is 67.5 Å². The van der Waals surface area contributed by atoms with Crippen LogP contribution >= 0.6 is 23.5 Å². The highest BCUT2D eigenvalue weighted by Crippen LogP contribution is 2.34. The van der Waals surface area contributed by atoms with Crippen LogP contribution in [0, 0.1) is 0 Å². The van der Waals surface area contributed by atoms with Crippen LogP contribution in [0.15, 0.2) is 22.6 Å². The first-order valence-corrected chi connectivity index (χ1v) is 21.7. The van der Waals surface area contributed by atoms with Crippen molar-refractivity contribution >= 4 is 64.9 Å². The molecule has 0 bridgehead atoms. The first-order valence-electron chi connectivity index (χ1n) is 19.5. The second kappa shape index (κ2) is 22.5. The van der Waals surface area contributed by atoms with Gasteiger partial charge in [-0.3, -0.25) is 14.6 Å². The summed E-state index contributed by atoms with van der Waals surface area (Å²) in [6, 6.07) is -0.185. The summed E-state index contributed by atoms with van der Waals surface area (Å²) in [5.41, 5.74) is 6.64. The lowest BCUT2D eigenvalue weighted by Crippen LogP contribution is -2.36. The summed E-state index contributed by atoms with van der Waals surface area (Å²) in [5, 5.41) is 41.1. The number of aliphatic hydroxyl groups is 2. The molecular formula is C36H58N10O6S2. The Morgan fingerprint density at radius 2 is 1.83 bits per heavy atom. The number of urea groups is 1. The van der Waals surface area contributed by atoms with Crippen molar-refractivity contribution in [3.63, 3.8) is 0 Å². The maximum atomic E-state index is 11.8. The van der Waals surface area contributed by atoms with Gasteiger partial charge in [-0.15, -0.1) is 0 Å². The van der Waals surface area contributed by atoms with E-state index in [0.29, 0.717) is 46.4 Å². The third-order valence-corrected chi connectivity index (χ3v) is 12.7. The van der Waals surface area contributed by atoms with Crippen LogP contribution in [-0.2, 0) is 9.53 Å². The molecule has 0 radical (unpaired) electrons. The number of aliphatic imine (C=N–C) groups is 2. The number of aliphatic hydroxyl groups excluding tert-OH is 2. The van der Waals surface area contributed by atoms with Crippen molar-refractivity contribution in [3.05, 3.63) is 12.7 Å². The molecule has 0 aliphatic carbocycles. The normalized spacial score (nSPS) is 25.9. The van der Waals surface area contributed by atoms with Crippen molar-refractivity contribution in [3.8, 4) is 0 Å². The lowest BCUT2D eigenvalue weighted by Gasteiger charge is -2.16. The summed E-state index contributed by atoms with van der Waals surface area (Å²) < 4.78 is 7.49. The molecule has 0 unspecified atom stereocenters. The molecule has 300 valence electrons. The molecule has 8 N–H and O–H groups in total. The number of carbonyl (C=O) groups excluding carboxylic acids is 1. The fourth-order valence-electron chi connectivity index (χ4n) is 7.01. The molecule has 2 aromatic heterocycles. The Labute approximate surface area is 325 Å². The Kier molecular flexibility index (Phi) is 17.6. The molecule has 5 heterocycles. The zero-order valence-corrected chi connectivity index (χ0v) is 32.6. The van der Waals surface area contributed by atoms with Gasteiger partial charge in [-0.1, -0.05) is 25.7 Å². The molecule has 3 aliphatic rings. The number of thioether (sulfide) groups is 2. The van der Waals surface area contributed by atoms with Gasteiger partial charge in [0.2, 0.25) is 0 Å². The molecule has 54 heavy (non-hydrogen) atoms. The Morgan fingerprint density at radius 1 is 1.06 bits per heavy atom. The van der Waals surface area contributed by atoms with Crippen molar-refractivity contribution < 1.29 is 29.6 Å². The molecule has 3 saturated heterocycles. The zero-order chi connectivity index (χ0) is 38.1. The smallest absolute Gasteiger partial charge is 0.328 e. The van der Waals surface area contributed by atoms with Crippen LogP contribution in [0.5, 0.6) is 0 Å². The number of nitrogens with two attached hydrogens (primary N) is 1. The highest BCUT2D eigenvalue weighted by atomic mass is 32.2. The average Bonchev–Trinajstić information content (AvgIpc) is 3.92. The highest BCUT2D eigenvalue weighted by molar-refractivity contribution is 8.00. The number of nitrogens with one attached hydrogen (secondary N) is 3. The van der Waals surface area contributed by atoms with E-state index in [1.807, 2.05) is 18.0 Å². The minimum absolute atomic E-state index is 0.00245. The van der Waals surface area contributed by atoms with Crippen molar-refractivity contribution in [2.24, 2.45) is 9.98 Å². The number of hydrogen-bond donors (Lipinski definition) is 7. The van der Waals surface area contributed by atoms with Gasteiger partial charge in [0, 0.05) is 23.3 Å². The van der Waals surface area contributed by atoms with Crippen molar-refractivity contribution in [2.45, 2.75) is 131 Å². The number of amides is 2. The Morgan fingerprint density at radius 3 is 2.65 bits per heavy atom. The monoisotopic (exact) mass is 790 g/mol. The summed E-state index contributed by atoms with van der Waals surface area (Å²) in [5.74, 6) is 1.18. The van der Waals surface area contributed by atoms with Crippen LogP contribution in [0.2, 0.25) is 0 Å². The van der Waals surface area contributed by atoms with Gasteiger partial charge in [-0.25, -0.2) is 24.5 Å². The number of aromatic nitrogens is 4. The van der Waals surface area contributed by atoms with Crippen molar-refractivity contribution in [1.82, 2.24) is 35.5 Å². The molecule has 3 aliphatic heterocycles. The number of anilines is 1. The predicted molar refractivity (Wildman–Crippen MR) is 215 cm³/mol. The van der Waals surface area contributed by atoms with Gasteiger partial charge in [-0.05, 0) is 89.1 Å². The summed E-state index contributed by atoms with van der Waals surface area (Å²) in [6.07, 6.45) is 16.1. The molecule has 2 amide bonds. The zero-order valence-electron chi connectivity index (χ0n) is 31.0. The number of ether oxygens (including phenoxy) is 1. The maximum Gasteiger partial charge on any atom is 0.328 e. The summed E-state index contributed by atoms with van der Waals surface area (Å²) >= 11 is 3.44. The molecular weight excluding hydrogens is 733 g/mol. The number of rotatable bonds is 26. The second-order valence-electron chi connectivity index (χ2n) is 14.2. The summed E-state index contributed by atoms with van der Waals surface area (Å²) in [4.78, 5) is 44.4. The van der Waals surface area contributed by atoms with E-state index in [0.717, 1.165) is 63.9 Å². The van der Waals surface area contributed by atoms with Crippen LogP contribution in [0.1, 0.15) is 89.7 Å². The molecule has 16 nitrogen and oxygen atoms in total. The van der Waals surface area contributed by atoms with Gasteiger partial charge >= 0.3 is 12.0 Å². The lowest BCUT2D eigenvalue weighted by molar-refractivity contribution is -0.138. The molecule has 0 saturated carbocycles. The largest absolute Gasteiger partial charge is 0.480 e. The molecule has 2 aromatic rings. The second-order valence-corrected chi connectivity index (χ2v) is 16.6. The number of nitrogens with zero attached hydrogens (tertiary/aromatic N) is 6. The van der Waals surface area contributed by atoms with Crippen LogP contribution in [0.4, 0.5) is 10.6 Å². The molecule has 8 atom stereocenters. The maximum absolute atomic E-state index is 11.8. The molecule has 0 spiro atoms. The van der Waals surface area contributed by atoms with Gasteiger partial charge in [0.15, 0.2) is 17.7 Å². The number of imidazole rings is 1. The van der Waals surface area contributed by atoms with Crippen LogP contribution in [0.25, 0.3) is 11.2 Å². The number of fused-ring (bicyclic) bond motifs is 2. The van der Waals surface area contributed by atoms with E-state index in [-0.39, 0.29) is 11.8 Å². The Hall–Kier alpha value is -3.03. The number of unbranched alkanes of at least 4 members (excludes halogenated alkanes) is 8. The number of aliphatic carboxylic acids is 1. The third-order valence-electron chi connectivity index (χ3n) is 10.1. The van der Waals surface area contributed by atoms with Gasteiger partial charge in [0.1, 0.15) is 30.1 Å². The lowest BCUT2D eigenvalue weighted by atomic mass is 10.0.